The van der Waals surface area contributed by atoms with Crippen LogP contribution >= 0.6 is 0 Å². The van der Waals surface area contributed by atoms with Crippen molar-refractivity contribution < 1.29 is 9.50 Å². The predicted molar refractivity (Wildman–Crippen MR) is 117 cm³/mol. The van der Waals surface area contributed by atoms with Crippen molar-refractivity contribution in [2.45, 2.75) is 18.4 Å². The molecule has 29 heavy (non-hydrogen) atoms. The van der Waals surface area contributed by atoms with Crippen molar-refractivity contribution >= 4 is 6.08 Å². The lowest BCUT2D eigenvalue weighted by atomic mass is 9.83. The molecule has 4 rings (SSSR count). The zero-order valence-corrected chi connectivity index (χ0v) is 16.5. The minimum atomic E-state index is -0.963. The molecule has 1 N–H and O–H groups in total. The Morgan fingerprint density at radius 3 is 2.21 bits per heavy atom. The molecule has 0 aliphatic carbocycles. The first-order valence-electron chi connectivity index (χ1n) is 10.2. The summed E-state index contributed by atoms with van der Waals surface area (Å²) in [6.07, 6.45) is 5.50. The maximum Gasteiger partial charge on any atom is 0.131 e. The minimum Gasteiger partial charge on any atom is -0.385 e. The molecule has 0 radical (unpaired) electrons. The van der Waals surface area contributed by atoms with Crippen LogP contribution in [0.15, 0.2) is 84.9 Å². The third kappa shape index (κ3) is 4.64. The topological polar surface area (TPSA) is 23.5 Å². The minimum absolute atomic E-state index is 0.282. The van der Waals surface area contributed by atoms with Gasteiger partial charge in [0.25, 0.3) is 0 Å². The largest absolute Gasteiger partial charge is 0.385 e. The Bertz CT molecular complexity index is 961. The molecule has 1 aliphatic heterocycles. The SMILES string of the molecule is OC1(c2ccc(-c3ccccc3)c(F)c2)CCN(CC=Cc2ccccc2)CC1. The molecule has 148 valence electrons. The van der Waals surface area contributed by atoms with Crippen molar-refractivity contribution in [3.05, 3.63) is 102 Å². The maximum atomic E-state index is 14.7. The van der Waals surface area contributed by atoms with Gasteiger partial charge in [0.2, 0.25) is 0 Å². The second kappa shape index (κ2) is 8.73. The van der Waals surface area contributed by atoms with Gasteiger partial charge in [-0.2, -0.15) is 0 Å². The van der Waals surface area contributed by atoms with E-state index in [0.717, 1.165) is 25.2 Å². The molecule has 0 aromatic heterocycles. The number of piperidine rings is 1. The Labute approximate surface area is 171 Å². The zero-order chi connectivity index (χ0) is 20.1. The van der Waals surface area contributed by atoms with Crippen LogP contribution in [0.25, 0.3) is 17.2 Å². The van der Waals surface area contributed by atoms with Gasteiger partial charge >= 0.3 is 0 Å². The van der Waals surface area contributed by atoms with Gasteiger partial charge in [-0.05, 0) is 35.6 Å². The van der Waals surface area contributed by atoms with E-state index < -0.39 is 5.60 Å². The van der Waals surface area contributed by atoms with Gasteiger partial charge in [0.05, 0.1) is 5.60 Å². The van der Waals surface area contributed by atoms with Crippen LogP contribution in [0.4, 0.5) is 4.39 Å². The van der Waals surface area contributed by atoms with E-state index in [1.807, 2.05) is 54.6 Å². The lowest BCUT2D eigenvalue weighted by Crippen LogP contribution is -2.42. The van der Waals surface area contributed by atoms with Gasteiger partial charge in [-0.1, -0.05) is 84.9 Å². The second-order valence-corrected chi connectivity index (χ2v) is 7.71. The van der Waals surface area contributed by atoms with E-state index >= 15 is 0 Å². The Morgan fingerprint density at radius 1 is 0.897 bits per heavy atom. The van der Waals surface area contributed by atoms with E-state index in [1.165, 1.54) is 11.6 Å². The highest BCUT2D eigenvalue weighted by Gasteiger charge is 2.34. The average molecular weight is 387 g/mol. The fraction of sp³-hybridized carbons (Fsp3) is 0.231. The van der Waals surface area contributed by atoms with Gasteiger partial charge < -0.3 is 5.11 Å². The van der Waals surface area contributed by atoms with Crippen LogP contribution in [-0.4, -0.2) is 29.6 Å². The molecule has 0 unspecified atom stereocenters. The van der Waals surface area contributed by atoms with Crippen LogP contribution < -0.4 is 0 Å². The molecule has 1 saturated heterocycles. The number of benzene rings is 3. The van der Waals surface area contributed by atoms with E-state index in [1.54, 1.807) is 6.07 Å². The molecule has 1 fully saturated rings. The van der Waals surface area contributed by atoms with E-state index in [2.05, 4.69) is 29.2 Å². The fourth-order valence-electron chi connectivity index (χ4n) is 3.95. The Hall–Kier alpha value is -2.75. The standard InChI is InChI=1S/C26H26FNO/c27-25-20-23(13-14-24(25)22-11-5-2-6-12-22)26(29)15-18-28(19-16-26)17-7-10-21-8-3-1-4-9-21/h1-14,20,29H,15-19H2. The van der Waals surface area contributed by atoms with Crippen LogP contribution in [0.5, 0.6) is 0 Å². The molecule has 0 saturated carbocycles. The van der Waals surface area contributed by atoms with Gasteiger partial charge in [0.1, 0.15) is 5.82 Å². The van der Waals surface area contributed by atoms with Crippen LogP contribution in [0, 0.1) is 5.82 Å². The third-order valence-electron chi connectivity index (χ3n) is 5.75. The van der Waals surface area contributed by atoms with Crippen molar-refractivity contribution in [1.82, 2.24) is 4.90 Å². The first-order chi connectivity index (χ1) is 14.1. The molecule has 2 nitrogen and oxygen atoms in total. The molecule has 3 aromatic rings. The quantitative estimate of drug-likeness (QED) is 0.626. The highest BCUT2D eigenvalue weighted by molar-refractivity contribution is 5.64. The molecule has 3 heteroatoms. The number of hydrogen-bond acceptors (Lipinski definition) is 2. The Balaban J connectivity index is 1.39. The van der Waals surface area contributed by atoms with Gasteiger partial charge in [-0.15, -0.1) is 0 Å². The third-order valence-corrected chi connectivity index (χ3v) is 5.75. The summed E-state index contributed by atoms with van der Waals surface area (Å²) in [5.74, 6) is -0.282. The molecule has 0 bridgehead atoms. The number of aliphatic hydroxyl groups is 1. The molecule has 1 heterocycles. The van der Waals surface area contributed by atoms with Crippen molar-refractivity contribution in [2.75, 3.05) is 19.6 Å². The summed E-state index contributed by atoms with van der Waals surface area (Å²) in [6.45, 7) is 2.43. The summed E-state index contributed by atoms with van der Waals surface area (Å²) in [6, 6.07) is 24.9. The zero-order valence-electron chi connectivity index (χ0n) is 16.5. The predicted octanol–water partition coefficient (Wildman–Crippen LogP) is 5.49. The highest BCUT2D eigenvalue weighted by atomic mass is 19.1. The van der Waals surface area contributed by atoms with E-state index in [0.29, 0.717) is 24.0 Å². The summed E-state index contributed by atoms with van der Waals surface area (Å²) < 4.78 is 14.7. The smallest absolute Gasteiger partial charge is 0.131 e. The summed E-state index contributed by atoms with van der Waals surface area (Å²) >= 11 is 0. The molecule has 3 aromatic carbocycles. The lowest BCUT2D eigenvalue weighted by molar-refractivity contribution is -0.0235. The summed E-state index contributed by atoms with van der Waals surface area (Å²) in [5.41, 5.74) is 2.32. The summed E-state index contributed by atoms with van der Waals surface area (Å²) in [5, 5.41) is 11.1. The normalized spacial score (nSPS) is 16.9. The van der Waals surface area contributed by atoms with E-state index in [9.17, 15) is 9.50 Å². The molecular weight excluding hydrogens is 361 g/mol. The van der Waals surface area contributed by atoms with Crippen molar-refractivity contribution in [3.8, 4) is 11.1 Å². The monoisotopic (exact) mass is 387 g/mol. The first-order valence-corrected chi connectivity index (χ1v) is 10.2. The Kier molecular flexibility index (Phi) is 5.89. The highest BCUT2D eigenvalue weighted by Crippen LogP contribution is 2.35. The fourth-order valence-corrected chi connectivity index (χ4v) is 3.95. The lowest BCUT2D eigenvalue weighted by Gasteiger charge is -2.38. The van der Waals surface area contributed by atoms with E-state index in [4.69, 9.17) is 0 Å². The summed E-state index contributed by atoms with van der Waals surface area (Å²) in [4.78, 5) is 2.32. The maximum absolute atomic E-state index is 14.7. The summed E-state index contributed by atoms with van der Waals surface area (Å²) in [7, 11) is 0. The second-order valence-electron chi connectivity index (χ2n) is 7.71. The first kappa shape index (κ1) is 19.6. The number of halogens is 1. The Morgan fingerprint density at radius 2 is 1.55 bits per heavy atom. The van der Waals surface area contributed by atoms with Crippen molar-refractivity contribution in [3.63, 3.8) is 0 Å². The van der Waals surface area contributed by atoms with Gasteiger partial charge in [0.15, 0.2) is 0 Å². The number of rotatable bonds is 5. The van der Waals surface area contributed by atoms with Crippen LogP contribution in [0.1, 0.15) is 24.0 Å². The van der Waals surface area contributed by atoms with E-state index in [-0.39, 0.29) is 5.82 Å². The van der Waals surface area contributed by atoms with Crippen molar-refractivity contribution in [2.24, 2.45) is 0 Å². The average Bonchev–Trinajstić information content (AvgIpc) is 2.76. The van der Waals surface area contributed by atoms with Crippen LogP contribution in [-0.2, 0) is 5.60 Å². The van der Waals surface area contributed by atoms with Crippen LogP contribution in [0.3, 0.4) is 0 Å². The van der Waals surface area contributed by atoms with Crippen molar-refractivity contribution in [1.29, 1.82) is 0 Å². The molecule has 1 aliphatic rings. The van der Waals surface area contributed by atoms with Gasteiger partial charge in [-0.25, -0.2) is 4.39 Å². The van der Waals surface area contributed by atoms with Crippen LogP contribution in [0.2, 0.25) is 0 Å². The molecular formula is C26H26FNO. The number of hydrogen-bond donors (Lipinski definition) is 1. The molecule has 0 amide bonds. The van der Waals surface area contributed by atoms with Gasteiger partial charge in [0, 0.05) is 25.2 Å². The molecule has 0 atom stereocenters. The molecule has 0 spiro atoms. The number of nitrogens with zero attached hydrogens (tertiary/aromatic N) is 1. The number of likely N-dealkylation sites (tertiary alicyclic amines) is 1. The van der Waals surface area contributed by atoms with Gasteiger partial charge in [-0.3, -0.25) is 4.90 Å².